The van der Waals surface area contributed by atoms with Gasteiger partial charge < -0.3 is 10.2 Å². The maximum Gasteiger partial charge on any atom is 0.226 e. The van der Waals surface area contributed by atoms with E-state index in [4.69, 9.17) is 0 Å². The number of carbonyl (C=O) groups is 2. The highest BCUT2D eigenvalue weighted by Crippen LogP contribution is 2.15. The molecule has 23 heavy (non-hydrogen) atoms. The van der Waals surface area contributed by atoms with Crippen molar-refractivity contribution in [3.05, 3.63) is 58.8 Å². The van der Waals surface area contributed by atoms with E-state index in [9.17, 15) is 9.59 Å². The van der Waals surface area contributed by atoms with Gasteiger partial charge in [-0.2, -0.15) is 0 Å². The van der Waals surface area contributed by atoms with Crippen LogP contribution in [-0.4, -0.2) is 28.2 Å². The van der Waals surface area contributed by atoms with Crippen LogP contribution in [0.4, 0.5) is 5.69 Å². The minimum Gasteiger partial charge on any atom is -0.338 e. The Morgan fingerprint density at radius 3 is 2.61 bits per heavy atom. The molecule has 0 fully saturated rings. The van der Waals surface area contributed by atoms with Crippen molar-refractivity contribution >= 4 is 33.4 Å². The second-order valence-electron chi connectivity index (χ2n) is 5.10. The predicted octanol–water partition coefficient (Wildman–Crippen LogP) is 3.22. The second kappa shape index (κ2) is 8.43. The van der Waals surface area contributed by atoms with E-state index in [1.165, 1.54) is 6.92 Å². The largest absolute Gasteiger partial charge is 0.338 e. The van der Waals surface area contributed by atoms with E-state index in [-0.39, 0.29) is 18.2 Å². The van der Waals surface area contributed by atoms with Gasteiger partial charge in [-0.05, 0) is 35.9 Å². The van der Waals surface area contributed by atoms with Gasteiger partial charge in [0.25, 0.3) is 0 Å². The van der Waals surface area contributed by atoms with E-state index in [2.05, 4.69) is 26.2 Å². The summed E-state index contributed by atoms with van der Waals surface area (Å²) >= 11 is 3.36. The number of carbonyl (C=O) groups excluding carboxylic acids is 2. The SMILES string of the molecule is CC(=O)N(CCC(=O)Nc1cccc(Br)c1)Cc1ccncc1. The highest BCUT2D eigenvalue weighted by molar-refractivity contribution is 9.10. The Kier molecular flexibility index (Phi) is 6.29. The summed E-state index contributed by atoms with van der Waals surface area (Å²) < 4.78 is 0.901. The fraction of sp³-hybridized carbons (Fsp3) is 0.235. The standard InChI is InChI=1S/C17H18BrN3O2/c1-13(22)21(12-14-5-8-19-9-6-14)10-7-17(23)20-16-4-2-3-15(18)11-16/h2-6,8-9,11H,7,10,12H2,1H3,(H,20,23). The summed E-state index contributed by atoms with van der Waals surface area (Å²) in [5.41, 5.74) is 1.72. The van der Waals surface area contributed by atoms with Gasteiger partial charge in [-0.25, -0.2) is 0 Å². The van der Waals surface area contributed by atoms with E-state index < -0.39 is 0 Å². The fourth-order valence-electron chi connectivity index (χ4n) is 2.08. The minimum absolute atomic E-state index is 0.0583. The zero-order chi connectivity index (χ0) is 16.7. The zero-order valence-corrected chi connectivity index (χ0v) is 14.4. The first kappa shape index (κ1) is 17.1. The average Bonchev–Trinajstić information content (AvgIpc) is 2.52. The molecule has 0 radical (unpaired) electrons. The van der Waals surface area contributed by atoms with Crippen molar-refractivity contribution in [3.8, 4) is 0 Å². The molecule has 1 aromatic carbocycles. The Morgan fingerprint density at radius 2 is 1.96 bits per heavy atom. The molecular weight excluding hydrogens is 358 g/mol. The molecule has 0 aliphatic carbocycles. The third-order valence-corrected chi connectivity index (χ3v) is 3.78. The van der Waals surface area contributed by atoms with Gasteiger partial charge in [-0.15, -0.1) is 0 Å². The Hall–Kier alpha value is -2.21. The molecule has 0 spiro atoms. The maximum atomic E-state index is 12.0. The van der Waals surface area contributed by atoms with Crippen LogP contribution in [0.3, 0.4) is 0 Å². The molecule has 1 aromatic heterocycles. The van der Waals surface area contributed by atoms with Gasteiger partial charge in [0, 0.05) is 49.0 Å². The Morgan fingerprint density at radius 1 is 1.22 bits per heavy atom. The van der Waals surface area contributed by atoms with Crippen molar-refractivity contribution in [2.24, 2.45) is 0 Å². The number of aromatic nitrogens is 1. The first-order chi connectivity index (χ1) is 11.0. The minimum atomic E-state index is -0.121. The molecule has 0 bridgehead atoms. The smallest absolute Gasteiger partial charge is 0.226 e. The number of anilines is 1. The predicted molar refractivity (Wildman–Crippen MR) is 92.7 cm³/mol. The summed E-state index contributed by atoms with van der Waals surface area (Å²) in [5.74, 6) is -0.179. The highest BCUT2D eigenvalue weighted by Gasteiger charge is 2.12. The van der Waals surface area contributed by atoms with Gasteiger partial charge in [0.15, 0.2) is 0 Å². The van der Waals surface area contributed by atoms with Crippen LogP contribution in [0.25, 0.3) is 0 Å². The number of pyridine rings is 1. The van der Waals surface area contributed by atoms with Crippen molar-refractivity contribution in [2.45, 2.75) is 19.9 Å². The van der Waals surface area contributed by atoms with Crippen molar-refractivity contribution < 1.29 is 9.59 Å². The molecule has 2 aromatic rings. The molecule has 0 aliphatic rings. The normalized spacial score (nSPS) is 10.2. The Balaban J connectivity index is 1.88. The first-order valence-corrected chi connectivity index (χ1v) is 8.04. The molecule has 0 saturated carbocycles. The van der Waals surface area contributed by atoms with Crippen molar-refractivity contribution in [3.63, 3.8) is 0 Å². The van der Waals surface area contributed by atoms with Crippen LogP contribution >= 0.6 is 15.9 Å². The summed E-state index contributed by atoms with van der Waals surface area (Å²) in [5, 5.41) is 2.82. The number of nitrogens with one attached hydrogen (secondary N) is 1. The molecule has 6 heteroatoms. The number of halogens is 1. The van der Waals surface area contributed by atoms with Crippen LogP contribution in [0.1, 0.15) is 18.9 Å². The molecule has 2 rings (SSSR count). The van der Waals surface area contributed by atoms with Crippen LogP contribution in [-0.2, 0) is 16.1 Å². The third kappa shape index (κ3) is 5.83. The molecule has 5 nitrogen and oxygen atoms in total. The van der Waals surface area contributed by atoms with E-state index in [1.807, 2.05) is 36.4 Å². The summed E-state index contributed by atoms with van der Waals surface area (Å²) in [7, 11) is 0. The van der Waals surface area contributed by atoms with Crippen LogP contribution in [0.5, 0.6) is 0 Å². The second-order valence-corrected chi connectivity index (χ2v) is 6.02. The topological polar surface area (TPSA) is 62.3 Å². The van der Waals surface area contributed by atoms with E-state index >= 15 is 0 Å². The average molecular weight is 376 g/mol. The number of amides is 2. The lowest BCUT2D eigenvalue weighted by atomic mass is 10.2. The molecule has 120 valence electrons. The molecule has 1 heterocycles. The van der Waals surface area contributed by atoms with Crippen molar-refractivity contribution in [2.75, 3.05) is 11.9 Å². The number of hydrogen-bond acceptors (Lipinski definition) is 3. The fourth-order valence-corrected chi connectivity index (χ4v) is 2.48. The van der Waals surface area contributed by atoms with E-state index in [1.54, 1.807) is 17.3 Å². The zero-order valence-electron chi connectivity index (χ0n) is 12.8. The molecule has 1 N–H and O–H groups in total. The van der Waals surface area contributed by atoms with Gasteiger partial charge in [-0.1, -0.05) is 22.0 Å². The lowest BCUT2D eigenvalue weighted by molar-refractivity contribution is -0.129. The van der Waals surface area contributed by atoms with Crippen molar-refractivity contribution in [1.29, 1.82) is 0 Å². The Labute approximate surface area is 143 Å². The summed E-state index contributed by atoms with van der Waals surface area (Å²) in [6.07, 6.45) is 3.62. The lowest BCUT2D eigenvalue weighted by Gasteiger charge is -2.20. The molecule has 0 saturated heterocycles. The lowest BCUT2D eigenvalue weighted by Crippen LogP contribution is -2.31. The molecular formula is C17H18BrN3O2. The maximum absolute atomic E-state index is 12.0. The van der Waals surface area contributed by atoms with Gasteiger partial charge in [-0.3, -0.25) is 14.6 Å². The van der Waals surface area contributed by atoms with Gasteiger partial charge >= 0.3 is 0 Å². The summed E-state index contributed by atoms with van der Waals surface area (Å²) in [4.78, 5) is 29.4. The first-order valence-electron chi connectivity index (χ1n) is 7.24. The summed E-state index contributed by atoms with van der Waals surface area (Å²) in [6, 6.07) is 11.1. The highest BCUT2D eigenvalue weighted by atomic mass is 79.9. The number of hydrogen-bond donors (Lipinski definition) is 1. The molecule has 0 unspecified atom stereocenters. The number of rotatable bonds is 6. The third-order valence-electron chi connectivity index (χ3n) is 3.29. The molecule has 0 atom stereocenters. The van der Waals surface area contributed by atoms with Gasteiger partial charge in [0.05, 0.1) is 0 Å². The number of nitrogens with zero attached hydrogens (tertiary/aromatic N) is 2. The summed E-state index contributed by atoms with van der Waals surface area (Å²) in [6.45, 7) is 2.35. The monoisotopic (exact) mass is 375 g/mol. The quantitative estimate of drug-likeness (QED) is 0.842. The Bertz CT molecular complexity index is 677. The van der Waals surface area contributed by atoms with Crippen molar-refractivity contribution in [1.82, 2.24) is 9.88 Å². The van der Waals surface area contributed by atoms with Crippen LogP contribution in [0.15, 0.2) is 53.3 Å². The molecule has 2 amide bonds. The van der Waals surface area contributed by atoms with E-state index in [0.717, 1.165) is 15.7 Å². The molecule has 0 aliphatic heterocycles. The van der Waals surface area contributed by atoms with Gasteiger partial charge in [0.1, 0.15) is 0 Å². The van der Waals surface area contributed by atoms with Crippen LogP contribution in [0, 0.1) is 0 Å². The number of benzene rings is 1. The van der Waals surface area contributed by atoms with E-state index in [0.29, 0.717) is 13.1 Å². The van der Waals surface area contributed by atoms with Crippen LogP contribution in [0.2, 0.25) is 0 Å². The van der Waals surface area contributed by atoms with Gasteiger partial charge in [0.2, 0.25) is 11.8 Å². The van der Waals surface area contributed by atoms with Crippen LogP contribution < -0.4 is 5.32 Å².